The molecule has 0 aromatic heterocycles. The van der Waals surface area contributed by atoms with Crippen molar-refractivity contribution in [2.24, 2.45) is 17.3 Å². The summed E-state index contributed by atoms with van der Waals surface area (Å²) >= 11 is 12.1. The summed E-state index contributed by atoms with van der Waals surface area (Å²) in [5, 5.41) is 4.94. The third kappa shape index (κ3) is 4.38. The minimum atomic E-state index is 0.325. The molecule has 1 aliphatic carbocycles. The van der Waals surface area contributed by atoms with E-state index in [1.165, 1.54) is 18.4 Å². The molecule has 0 saturated heterocycles. The van der Waals surface area contributed by atoms with Crippen LogP contribution in [0.15, 0.2) is 18.2 Å². The van der Waals surface area contributed by atoms with Gasteiger partial charge in [0.15, 0.2) is 0 Å². The number of hydrogen-bond donors (Lipinski definition) is 1. The van der Waals surface area contributed by atoms with Crippen molar-refractivity contribution in [3.8, 4) is 0 Å². The van der Waals surface area contributed by atoms with E-state index in [9.17, 15) is 0 Å². The van der Waals surface area contributed by atoms with Crippen LogP contribution in [0.1, 0.15) is 39.2 Å². The maximum atomic E-state index is 6.14. The van der Waals surface area contributed by atoms with Crippen molar-refractivity contribution in [2.75, 3.05) is 13.1 Å². The number of hydrogen-bond acceptors (Lipinski definition) is 1. The number of halogens is 2. The molecule has 112 valence electrons. The van der Waals surface area contributed by atoms with Gasteiger partial charge in [0.2, 0.25) is 0 Å². The lowest BCUT2D eigenvalue weighted by Crippen LogP contribution is -2.37. The zero-order valence-electron chi connectivity index (χ0n) is 12.7. The van der Waals surface area contributed by atoms with Gasteiger partial charge in [-0.2, -0.15) is 0 Å². The van der Waals surface area contributed by atoms with E-state index in [2.05, 4.69) is 32.2 Å². The molecule has 20 heavy (non-hydrogen) atoms. The zero-order chi connectivity index (χ0) is 14.8. The van der Waals surface area contributed by atoms with E-state index in [4.69, 9.17) is 23.2 Å². The molecule has 1 N–H and O–H groups in total. The van der Waals surface area contributed by atoms with Crippen LogP contribution in [0.5, 0.6) is 0 Å². The van der Waals surface area contributed by atoms with Crippen LogP contribution >= 0.6 is 23.2 Å². The van der Waals surface area contributed by atoms with Crippen LogP contribution in [0.4, 0.5) is 0 Å². The van der Waals surface area contributed by atoms with E-state index in [-0.39, 0.29) is 0 Å². The van der Waals surface area contributed by atoms with Gasteiger partial charge in [0.1, 0.15) is 0 Å². The Labute approximate surface area is 133 Å². The standard InChI is InChI=1S/C17H25Cl2N/c1-12(2)10-20-11-17(3,14-5-6-14)9-13-4-7-15(18)16(19)8-13/h4,7-8,12,14,20H,5-6,9-11H2,1-3H3. The van der Waals surface area contributed by atoms with Gasteiger partial charge < -0.3 is 5.32 Å². The Kier molecular flexibility index (Phi) is 5.39. The molecule has 1 fully saturated rings. The Balaban J connectivity index is 2.02. The average Bonchev–Trinajstić information content (AvgIpc) is 3.18. The molecule has 0 spiro atoms. The summed E-state index contributed by atoms with van der Waals surface area (Å²) in [6, 6.07) is 6.04. The maximum absolute atomic E-state index is 6.14. The molecule has 2 rings (SSSR count). The van der Waals surface area contributed by atoms with Crippen LogP contribution in [0.25, 0.3) is 0 Å². The second-order valence-corrected chi connectivity index (χ2v) is 7.69. The summed E-state index contributed by atoms with van der Waals surface area (Å²) in [5.41, 5.74) is 1.62. The van der Waals surface area contributed by atoms with Gasteiger partial charge in [-0.3, -0.25) is 0 Å². The molecule has 0 radical (unpaired) electrons. The van der Waals surface area contributed by atoms with E-state index in [0.717, 1.165) is 25.4 Å². The minimum absolute atomic E-state index is 0.325. The highest BCUT2D eigenvalue weighted by atomic mass is 35.5. The summed E-state index contributed by atoms with van der Waals surface area (Å²) in [6.45, 7) is 9.07. The highest BCUT2D eigenvalue weighted by molar-refractivity contribution is 6.42. The lowest BCUT2D eigenvalue weighted by Gasteiger charge is -2.31. The molecule has 0 bridgehead atoms. The summed E-state index contributed by atoms with van der Waals surface area (Å²) in [4.78, 5) is 0. The summed E-state index contributed by atoms with van der Waals surface area (Å²) < 4.78 is 0. The first-order valence-electron chi connectivity index (χ1n) is 7.55. The van der Waals surface area contributed by atoms with Gasteiger partial charge >= 0.3 is 0 Å². The zero-order valence-corrected chi connectivity index (χ0v) is 14.2. The monoisotopic (exact) mass is 313 g/mol. The number of benzene rings is 1. The van der Waals surface area contributed by atoms with Gasteiger partial charge in [0, 0.05) is 6.54 Å². The second-order valence-electron chi connectivity index (χ2n) is 6.88. The predicted octanol–water partition coefficient (Wildman–Crippen LogP) is 5.20. The topological polar surface area (TPSA) is 12.0 Å². The fourth-order valence-corrected chi connectivity index (χ4v) is 3.21. The Morgan fingerprint density at radius 2 is 1.95 bits per heavy atom. The van der Waals surface area contributed by atoms with E-state index in [0.29, 0.717) is 21.4 Å². The maximum Gasteiger partial charge on any atom is 0.0595 e. The molecule has 1 aromatic rings. The van der Waals surface area contributed by atoms with Gasteiger partial charge in [0.05, 0.1) is 10.0 Å². The molecule has 0 heterocycles. The van der Waals surface area contributed by atoms with Crippen LogP contribution in [-0.2, 0) is 6.42 Å². The summed E-state index contributed by atoms with van der Waals surface area (Å²) in [6.07, 6.45) is 3.79. The molecule has 3 heteroatoms. The molecule has 1 nitrogen and oxygen atoms in total. The van der Waals surface area contributed by atoms with Crippen LogP contribution in [0.3, 0.4) is 0 Å². The smallest absolute Gasteiger partial charge is 0.0595 e. The molecule has 1 unspecified atom stereocenters. The van der Waals surface area contributed by atoms with Crippen LogP contribution in [0, 0.1) is 17.3 Å². The molecular formula is C17H25Cl2N. The number of nitrogens with one attached hydrogen (secondary N) is 1. The lowest BCUT2D eigenvalue weighted by molar-refractivity contribution is 0.252. The highest BCUT2D eigenvalue weighted by Crippen LogP contribution is 2.47. The van der Waals surface area contributed by atoms with Crippen LogP contribution < -0.4 is 5.32 Å². The Hall–Kier alpha value is -0.240. The summed E-state index contributed by atoms with van der Waals surface area (Å²) in [7, 11) is 0. The van der Waals surface area contributed by atoms with Gasteiger partial charge in [0.25, 0.3) is 0 Å². The summed E-state index contributed by atoms with van der Waals surface area (Å²) in [5.74, 6) is 1.54. The first-order valence-corrected chi connectivity index (χ1v) is 8.31. The van der Waals surface area contributed by atoms with Gasteiger partial charge in [-0.05, 0) is 60.8 Å². The van der Waals surface area contributed by atoms with Crippen molar-refractivity contribution in [2.45, 2.75) is 40.0 Å². The predicted molar refractivity (Wildman–Crippen MR) is 88.7 cm³/mol. The highest BCUT2D eigenvalue weighted by Gasteiger charge is 2.41. The Morgan fingerprint density at radius 1 is 1.25 bits per heavy atom. The van der Waals surface area contributed by atoms with Crippen molar-refractivity contribution in [3.63, 3.8) is 0 Å². The first kappa shape index (κ1) is 16.1. The van der Waals surface area contributed by atoms with E-state index in [1.54, 1.807) is 0 Å². The Morgan fingerprint density at radius 3 is 2.50 bits per heavy atom. The van der Waals surface area contributed by atoms with Gasteiger partial charge in [-0.1, -0.05) is 50.0 Å². The fraction of sp³-hybridized carbons (Fsp3) is 0.647. The van der Waals surface area contributed by atoms with E-state index in [1.807, 2.05) is 12.1 Å². The normalized spacial score (nSPS) is 18.3. The van der Waals surface area contributed by atoms with Crippen molar-refractivity contribution in [3.05, 3.63) is 33.8 Å². The first-order chi connectivity index (χ1) is 9.40. The van der Waals surface area contributed by atoms with Gasteiger partial charge in [-0.15, -0.1) is 0 Å². The molecule has 1 aliphatic rings. The van der Waals surface area contributed by atoms with Crippen molar-refractivity contribution < 1.29 is 0 Å². The molecule has 1 saturated carbocycles. The van der Waals surface area contributed by atoms with E-state index < -0.39 is 0 Å². The third-order valence-corrected chi connectivity index (χ3v) is 4.98. The van der Waals surface area contributed by atoms with Crippen molar-refractivity contribution in [1.29, 1.82) is 0 Å². The van der Waals surface area contributed by atoms with Crippen molar-refractivity contribution >= 4 is 23.2 Å². The molecular weight excluding hydrogens is 289 g/mol. The number of rotatable bonds is 7. The largest absolute Gasteiger partial charge is 0.316 e. The van der Waals surface area contributed by atoms with Gasteiger partial charge in [-0.25, -0.2) is 0 Å². The average molecular weight is 314 g/mol. The molecule has 1 atom stereocenters. The Bertz CT molecular complexity index is 454. The third-order valence-electron chi connectivity index (χ3n) is 4.24. The fourth-order valence-electron chi connectivity index (χ4n) is 2.89. The van der Waals surface area contributed by atoms with Crippen LogP contribution in [0.2, 0.25) is 10.0 Å². The quantitative estimate of drug-likeness (QED) is 0.729. The van der Waals surface area contributed by atoms with Crippen LogP contribution in [-0.4, -0.2) is 13.1 Å². The van der Waals surface area contributed by atoms with Crippen molar-refractivity contribution in [1.82, 2.24) is 5.32 Å². The second kappa shape index (κ2) is 6.68. The SMILES string of the molecule is CC(C)CNCC(C)(Cc1ccc(Cl)c(Cl)c1)C1CC1. The lowest BCUT2D eigenvalue weighted by atomic mass is 9.79. The van der Waals surface area contributed by atoms with E-state index >= 15 is 0 Å². The molecule has 0 aliphatic heterocycles. The minimum Gasteiger partial charge on any atom is -0.316 e. The molecule has 1 aromatic carbocycles. The molecule has 0 amide bonds.